The highest BCUT2D eigenvalue weighted by atomic mass is 16.1. The van der Waals surface area contributed by atoms with Crippen molar-refractivity contribution in [2.75, 3.05) is 42.6 Å². The molecule has 0 bridgehead atoms. The molecule has 168 valence electrons. The van der Waals surface area contributed by atoms with Gasteiger partial charge in [-0.15, -0.1) is 0 Å². The molecular formula is C23H30N8O. The van der Waals surface area contributed by atoms with Gasteiger partial charge in [0.05, 0.1) is 12.6 Å². The Morgan fingerprint density at radius 3 is 2.81 bits per heavy atom. The highest BCUT2D eigenvalue weighted by Crippen LogP contribution is 2.23. The van der Waals surface area contributed by atoms with Crippen LogP contribution in [0.2, 0.25) is 0 Å². The van der Waals surface area contributed by atoms with E-state index in [-0.39, 0.29) is 11.9 Å². The molecule has 1 amide bonds. The fourth-order valence-electron chi connectivity index (χ4n) is 3.89. The Balaban J connectivity index is 1.38. The van der Waals surface area contributed by atoms with Crippen molar-refractivity contribution in [3.8, 4) is 0 Å². The summed E-state index contributed by atoms with van der Waals surface area (Å²) in [4.78, 5) is 23.0. The summed E-state index contributed by atoms with van der Waals surface area (Å²) in [5.41, 5.74) is 2.42. The number of benzene rings is 1. The molecule has 32 heavy (non-hydrogen) atoms. The lowest BCUT2D eigenvalue weighted by Gasteiger charge is -2.34. The zero-order valence-corrected chi connectivity index (χ0v) is 18.6. The van der Waals surface area contributed by atoms with Crippen molar-refractivity contribution in [3.05, 3.63) is 48.7 Å². The number of rotatable bonds is 7. The van der Waals surface area contributed by atoms with Crippen LogP contribution < -0.4 is 16.0 Å². The van der Waals surface area contributed by atoms with Crippen LogP contribution in [-0.4, -0.2) is 70.8 Å². The molecule has 0 radical (unpaired) electrons. The highest BCUT2D eigenvalue weighted by molar-refractivity contribution is 5.99. The van der Waals surface area contributed by atoms with Gasteiger partial charge in [0.25, 0.3) is 0 Å². The van der Waals surface area contributed by atoms with E-state index in [4.69, 9.17) is 0 Å². The monoisotopic (exact) mass is 434 g/mol. The Bertz CT molecular complexity index is 999. The first kappa shape index (κ1) is 21.8. The van der Waals surface area contributed by atoms with Crippen molar-refractivity contribution in [3.63, 3.8) is 0 Å². The molecule has 1 atom stereocenters. The number of carbonyl (C=O) groups is 1. The average molecular weight is 435 g/mol. The predicted molar refractivity (Wildman–Crippen MR) is 128 cm³/mol. The van der Waals surface area contributed by atoms with Gasteiger partial charge in [0, 0.05) is 35.4 Å². The molecular weight excluding hydrogens is 404 g/mol. The maximum atomic E-state index is 11.6. The molecule has 4 rings (SSSR count). The third kappa shape index (κ3) is 5.42. The summed E-state index contributed by atoms with van der Waals surface area (Å²) in [5.74, 6) is 1.01. The van der Waals surface area contributed by atoms with Gasteiger partial charge >= 0.3 is 0 Å². The minimum Gasteiger partial charge on any atom is -0.344 e. The van der Waals surface area contributed by atoms with E-state index in [1.807, 2.05) is 37.4 Å². The zero-order chi connectivity index (χ0) is 22.5. The molecule has 3 N–H and O–H groups in total. The van der Waals surface area contributed by atoms with Gasteiger partial charge in [0.15, 0.2) is 0 Å². The van der Waals surface area contributed by atoms with E-state index in [1.54, 1.807) is 6.20 Å². The van der Waals surface area contributed by atoms with Crippen LogP contribution in [0.3, 0.4) is 0 Å². The highest BCUT2D eigenvalue weighted by Gasteiger charge is 2.27. The van der Waals surface area contributed by atoms with Crippen molar-refractivity contribution in [1.29, 1.82) is 0 Å². The van der Waals surface area contributed by atoms with E-state index in [1.165, 1.54) is 6.08 Å². The molecule has 2 aliphatic heterocycles. The lowest BCUT2D eigenvalue weighted by molar-refractivity contribution is -0.111. The quantitative estimate of drug-likeness (QED) is 0.577. The summed E-state index contributed by atoms with van der Waals surface area (Å²) in [7, 11) is 2.17. The van der Waals surface area contributed by atoms with Crippen LogP contribution >= 0.6 is 0 Å². The van der Waals surface area contributed by atoms with Gasteiger partial charge in [-0.2, -0.15) is 10.1 Å². The van der Waals surface area contributed by atoms with Crippen LogP contribution in [0.15, 0.2) is 48.2 Å². The molecule has 2 aliphatic rings. The number of aromatic nitrogens is 2. The summed E-state index contributed by atoms with van der Waals surface area (Å²) in [6, 6.07) is 8.02. The number of nitrogens with zero attached hydrogens (tertiary/aromatic N) is 5. The predicted octanol–water partition coefficient (Wildman–Crippen LogP) is 2.83. The summed E-state index contributed by atoms with van der Waals surface area (Å²) < 4.78 is 0. The zero-order valence-electron chi connectivity index (χ0n) is 18.6. The van der Waals surface area contributed by atoms with E-state index in [0.717, 1.165) is 43.7 Å². The summed E-state index contributed by atoms with van der Waals surface area (Å²) in [5, 5.41) is 16.3. The third-order valence-electron chi connectivity index (χ3n) is 5.75. The van der Waals surface area contributed by atoms with Crippen LogP contribution in [0, 0.1) is 6.92 Å². The van der Waals surface area contributed by atoms with Gasteiger partial charge in [-0.05, 0) is 64.2 Å². The van der Waals surface area contributed by atoms with Gasteiger partial charge in [-0.25, -0.2) is 4.98 Å². The number of amides is 1. The fraction of sp³-hybridized carbons (Fsp3) is 0.391. The molecule has 1 aromatic carbocycles. The first-order chi connectivity index (χ1) is 15.5. The second kappa shape index (κ2) is 9.78. The van der Waals surface area contributed by atoms with Crippen LogP contribution in [0.25, 0.3) is 0 Å². The topological polar surface area (TPSA) is 97.8 Å². The lowest BCUT2D eigenvalue weighted by Crippen LogP contribution is -2.42. The van der Waals surface area contributed by atoms with Crippen LogP contribution in [0.4, 0.5) is 23.1 Å². The molecule has 3 heterocycles. The van der Waals surface area contributed by atoms with Crippen molar-refractivity contribution < 1.29 is 4.79 Å². The second-order valence-electron chi connectivity index (χ2n) is 8.30. The number of piperidine rings is 1. The van der Waals surface area contributed by atoms with E-state index in [9.17, 15) is 4.79 Å². The number of nitrogens with one attached hydrogen (secondary N) is 3. The van der Waals surface area contributed by atoms with Gasteiger partial charge in [0.2, 0.25) is 11.9 Å². The minimum absolute atomic E-state index is 0.0719. The number of aryl methyl sites for hydroxylation is 1. The molecule has 9 heteroatoms. The average Bonchev–Trinajstić information content (AvgIpc) is 3.25. The summed E-state index contributed by atoms with van der Waals surface area (Å²) >= 11 is 0. The molecule has 0 spiro atoms. The second-order valence-corrected chi connectivity index (χ2v) is 8.30. The molecule has 1 fully saturated rings. The molecule has 0 aliphatic carbocycles. The number of hydrogen-bond acceptors (Lipinski definition) is 8. The van der Waals surface area contributed by atoms with Gasteiger partial charge < -0.3 is 20.9 Å². The Labute approximate surface area is 188 Å². The molecule has 0 saturated carbocycles. The van der Waals surface area contributed by atoms with Gasteiger partial charge in [-0.3, -0.25) is 9.80 Å². The van der Waals surface area contributed by atoms with E-state index < -0.39 is 0 Å². The fourth-order valence-corrected chi connectivity index (χ4v) is 3.89. The van der Waals surface area contributed by atoms with Crippen LogP contribution in [0.1, 0.15) is 18.4 Å². The van der Waals surface area contributed by atoms with Crippen molar-refractivity contribution in [2.45, 2.75) is 31.8 Å². The van der Waals surface area contributed by atoms with E-state index in [0.29, 0.717) is 23.5 Å². The van der Waals surface area contributed by atoms with Gasteiger partial charge in [0.1, 0.15) is 5.82 Å². The number of carbonyl (C=O) groups excluding carboxylic acids is 1. The normalized spacial score (nSPS) is 19.1. The van der Waals surface area contributed by atoms with Crippen molar-refractivity contribution in [2.24, 2.45) is 5.10 Å². The Morgan fingerprint density at radius 2 is 2.03 bits per heavy atom. The Morgan fingerprint density at radius 1 is 1.25 bits per heavy atom. The lowest BCUT2D eigenvalue weighted by atomic mass is 10.1. The summed E-state index contributed by atoms with van der Waals surface area (Å²) in [6.07, 6.45) is 7.26. The maximum Gasteiger partial charge on any atom is 0.247 e. The van der Waals surface area contributed by atoms with Crippen molar-refractivity contribution >= 4 is 35.3 Å². The van der Waals surface area contributed by atoms with E-state index in [2.05, 4.69) is 54.6 Å². The number of anilines is 4. The third-order valence-corrected chi connectivity index (χ3v) is 5.75. The first-order valence-corrected chi connectivity index (χ1v) is 10.9. The minimum atomic E-state index is -0.251. The van der Waals surface area contributed by atoms with Gasteiger partial charge in [-0.1, -0.05) is 12.6 Å². The smallest absolute Gasteiger partial charge is 0.247 e. The number of hydrogen-bond donors (Lipinski definition) is 3. The standard InChI is InChI=1S/C23H30N8O/c1-4-21(32)26-17-6-5-7-18(12-17)27-22-16(2)13-24-23(29-22)28-19-14-25-31(15-19)20-8-10-30(3)11-9-20/h4-7,12-14,19-20H,1,8-11,15H2,2-3H3,(H,26,32)(H2,24,27,28,29). The Kier molecular flexibility index (Phi) is 6.65. The molecule has 1 aromatic heterocycles. The molecule has 9 nitrogen and oxygen atoms in total. The number of likely N-dealkylation sites (tertiary alicyclic amines) is 1. The largest absolute Gasteiger partial charge is 0.344 e. The Hall–Kier alpha value is -3.46. The number of hydrazone groups is 1. The molecule has 1 saturated heterocycles. The SMILES string of the molecule is C=CC(=O)Nc1cccc(Nc2nc(NC3C=NN(C4CCN(C)CC4)C3)ncc2C)c1. The molecule has 1 unspecified atom stereocenters. The maximum absolute atomic E-state index is 11.6. The van der Waals surface area contributed by atoms with Crippen LogP contribution in [0.5, 0.6) is 0 Å². The molecule has 2 aromatic rings. The first-order valence-electron chi connectivity index (χ1n) is 10.9. The van der Waals surface area contributed by atoms with Crippen molar-refractivity contribution in [1.82, 2.24) is 19.9 Å². The van der Waals surface area contributed by atoms with E-state index >= 15 is 0 Å². The summed E-state index contributed by atoms with van der Waals surface area (Å²) in [6.45, 7) is 8.48. The van der Waals surface area contributed by atoms with Crippen LogP contribution in [-0.2, 0) is 4.79 Å².